The van der Waals surface area contributed by atoms with Crippen molar-refractivity contribution >= 4 is 46.4 Å². The van der Waals surface area contributed by atoms with E-state index in [2.05, 4.69) is 5.32 Å². The Morgan fingerprint density at radius 3 is 2.58 bits per heavy atom. The summed E-state index contributed by atoms with van der Waals surface area (Å²) < 4.78 is 5.79. The van der Waals surface area contributed by atoms with Gasteiger partial charge in [0.05, 0.1) is 15.7 Å². The number of nitrogens with zero attached hydrogens (tertiary/aromatic N) is 1. The zero-order valence-electron chi connectivity index (χ0n) is 14.6. The molecule has 7 heteroatoms. The maximum absolute atomic E-state index is 12.8. The molecule has 26 heavy (non-hydrogen) atoms. The van der Waals surface area contributed by atoms with Crippen molar-refractivity contribution in [3.05, 3.63) is 52.0 Å². The lowest BCUT2D eigenvalue weighted by atomic mass is 10.0. The standard InChI is InChI=1S/C19H18Cl2N2O3/c1-11-4-7-16-15(8-11)23(18(25)19(2,3)26-16)10-17(24)22-12-5-6-13(20)14(21)9-12/h4-9H,10H2,1-3H3,(H,22,24). The first-order chi connectivity index (χ1) is 12.2. The summed E-state index contributed by atoms with van der Waals surface area (Å²) in [7, 11) is 0. The molecule has 1 aliphatic heterocycles. The highest BCUT2D eigenvalue weighted by atomic mass is 35.5. The van der Waals surface area contributed by atoms with E-state index in [0.29, 0.717) is 27.2 Å². The Hall–Kier alpha value is -2.24. The molecular weight excluding hydrogens is 375 g/mol. The lowest BCUT2D eigenvalue weighted by Gasteiger charge is -2.38. The molecule has 0 spiro atoms. The van der Waals surface area contributed by atoms with E-state index in [1.807, 2.05) is 25.1 Å². The number of anilines is 2. The van der Waals surface area contributed by atoms with E-state index in [4.69, 9.17) is 27.9 Å². The van der Waals surface area contributed by atoms with Crippen molar-refractivity contribution in [3.8, 4) is 5.75 Å². The van der Waals surface area contributed by atoms with E-state index in [1.165, 1.54) is 4.90 Å². The van der Waals surface area contributed by atoms with E-state index < -0.39 is 5.60 Å². The van der Waals surface area contributed by atoms with Crippen LogP contribution in [0.4, 0.5) is 11.4 Å². The number of ether oxygens (including phenoxy) is 1. The molecule has 136 valence electrons. The number of carbonyl (C=O) groups is 2. The fourth-order valence-corrected chi connectivity index (χ4v) is 3.05. The summed E-state index contributed by atoms with van der Waals surface area (Å²) in [5.74, 6) is -0.0516. The molecule has 2 aromatic rings. The van der Waals surface area contributed by atoms with E-state index >= 15 is 0 Å². The van der Waals surface area contributed by atoms with Crippen LogP contribution in [0.2, 0.25) is 10.0 Å². The molecule has 5 nitrogen and oxygen atoms in total. The number of halogens is 2. The Morgan fingerprint density at radius 1 is 1.15 bits per heavy atom. The second-order valence-electron chi connectivity index (χ2n) is 6.65. The number of hydrogen-bond donors (Lipinski definition) is 1. The Kier molecular flexibility index (Phi) is 4.86. The maximum atomic E-state index is 12.8. The summed E-state index contributed by atoms with van der Waals surface area (Å²) in [6.45, 7) is 5.14. The van der Waals surface area contributed by atoms with Gasteiger partial charge >= 0.3 is 0 Å². The number of benzene rings is 2. The van der Waals surface area contributed by atoms with Crippen LogP contribution >= 0.6 is 23.2 Å². The van der Waals surface area contributed by atoms with Gasteiger partial charge < -0.3 is 10.1 Å². The van der Waals surface area contributed by atoms with Crippen LogP contribution in [0.3, 0.4) is 0 Å². The largest absolute Gasteiger partial charge is 0.476 e. The molecule has 0 saturated heterocycles. The fourth-order valence-electron chi connectivity index (χ4n) is 2.75. The lowest BCUT2D eigenvalue weighted by molar-refractivity contribution is -0.133. The van der Waals surface area contributed by atoms with Gasteiger partial charge in [0, 0.05) is 5.69 Å². The first-order valence-corrected chi connectivity index (χ1v) is 8.79. The van der Waals surface area contributed by atoms with Gasteiger partial charge in [-0.2, -0.15) is 0 Å². The first-order valence-electron chi connectivity index (χ1n) is 8.04. The van der Waals surface area contributed by atoms with Crippen molar-refractivity contribution in [3.63, 3.8) is 0 Å². The Balaban J connectivity index is 1.85. The molecule has 2 amide bonds. The van der Waals surface area contributed by atoms with E-state index in [-0.39, 0.29) is 18.4 Å². The molecule has 2 aromatic carbocycles. The third-order valence-electron chi connectivity index (χ3n) is 4.04. The molecule has 0 atom stereocenters. The molecule has 0 fully saturated rings. The highest BCUT2D eigenvalue weighted by Crippen LogP contribution is 2.38. The zero-order chi connectivity index (χ0) is 19.1. The average Bonchev–Trinajstić information content (AvgIpc) is 2.56. The van der Waals surface area contributed by atoms with Crippen molar-refractivity contribution in [2.75, 3.05) is 16.8 Å². The molecule has 0 unspecified atom stereocenters. The maximum Gasteiger partial charge on any atom is 0.271 e. The summed E-state index contributed by atoms with van der Waals surface area (Å²) in [6.07, 6.45) is 0. The van der Waals surface area contributed by atoms with Gasteiger partial charge in [-0.15, -0.1) is 0 Å². The van der Waals surface area contributed by atoms with Gasteiger partial charge in [0.15, 0.2) is 5.60 Å². The van der Waals surface area contributed by atoms with Gasteiger partial charge in [-0.1, -0.05) is 29.3 Å². The molecule has 1 N–H and O–H groups in total. The normalized spacial score (nSPS) is 15.3. The summed E-state index contributed by atoms with van der Waals surface area (Å²) in [4.78, 5) is 26.7. The van der Waals surface area contributed by atoms with Crippen LogP contribution in [0, 0.1) is 6.92 Å². The van der Waals surface area contributed by atoms with Gasteiger partial charge in [-0.05, 0) is 56.7 Å². The van der Waals surface area contributed by atoms with Crippen molar-refractivity contribution in [1.29, 1.82) is 0 Å². The summed E-state index contributed by atoms with van der Waals surface area (Å²) in [5.41, 5.74) is 1.01. The number of hydrogen-bond acceptors (Lipinski definition) is 3. The summed E-state index contributed by atoms with van der Waals surface area (Å²) in [5, 5.41) is 3.48. The van der Waals surface area contributed by atoms with Crippen molar-refractivity contribution in [1.82, 2.24) is 0 Å². The minimum atomic E-state index is -1.05. The Bertz CT molecular complexity index is 896. The van der Waals surface area contributed by atoms with Crippen LogP contribution in [-0.4, -0.2) is 24.0 Å². The molecule has 0 bridgehead atoms. The third-order valence-corrected chi connectivity index (χ3v) is 4.77. The lowest BCUT2D eigenvalue weighted by Crippen LogP contribution is -2.54. The van der Waals surface area contributed by atoms with Gasteiger partial charge in [-0.25, -0.2) is 0 Å². The minimum Gasteiger partial charge on any atom is -0.476 e. The zero-order valence-corrected chi connectivity index (χ0v) is 16.1. The van der Waals surface area contributed by atoms with Gasteiger partial charge in [-0.3, -0.25) is 14.5 Å². The topological polar surface area (TPSA) is 58.6 Å². The van der Waals surface area contributed by atoms with Crippen molar-refractivity contribution in [2.45, 2.75) is 26.4 Å². The number of amides is 2. The highest BCUT2D eigenvalue weighted by molar-refractivity contribution is 6.42. The van der Waals surface area contributed by atoms with Gasteiger partial charge in [0.2, 0.25) is 5.91 Å². The average molecular weight is 393 g/mol. The molecule has 0 aromatic heterocycles. The molecule has 0 aliphatic carbocycles. The van der Waals surface area contributed by atoms with Crippen LogP contribution in [0.25, 0.3) is 0 Å². The van der Waals surface area contributed by atoms with Crippen molar-refractivity contribution < 1.29 is 14.3 Å². The van der Waals surface area contributed by atoms with E-state index in [1.54, 1.807) is 32.0 Å². The Morgan fingerprint density at radius 2 is 1.88 bits per heavy atom. The predicted octanol–water partition coefficient (Wildman–Crippen LogP) is 4.44. The molecule has 0 radical (unpaired) electrons. The smallest absolute Gasteiger partial charge is 0.271 e. The number of fused-ring (bicyclic) bond motifs is 1. The molecule has 1 aliphatic rings. The first kappa shape index (κ1) is 18.5. The van der Waals surface area contributed by atoms with Gasteiger partial charge in [0.25, 0.3) is 5.91 Å². The number of nitrogens with one attached hydrogen (secondary N) is 1. The second kappa shape index (κ2) is 6.82. The number of rotatable bonds is 3. The summed E-state index contributed by atoms with van der Waals surface area (Å²) >= 11 is 11.9. The van der Waals surface area contributed by atoms with Crippen LogP contribution < -0.4 is 15.0 Å². The Labute approximate surface area is 161 Å². The molecule has 1 heterocycles. The van der Waals surface area contributed by atoms with Crippen molar-refractivity contribution in [2.24, 2.45) is 0 Å². The van der Waals surface area contributed by atoms with Crippen LogP contribution in [0.1, 0.15) is 19.4 Å². The minimum absolute atomic E-state index is 0.137. The van der Waals surface area contributed by atoms with E-state index in [0.717, 1.165) is 5.56 Å². The van der Waals surface area contributed by atoms with Gasteiger partial charge in [0.1, 0.15) is 12.3 Å². The van der Waals surface area contributed by atoms with Crippen LogP contribution in [0.15, 0.2) is 36.4 Å². The van der Waals surface area contributed by atoms with Crippen LogP contribution in [-0.2, 0) is 9.59 Å². The molecule has 3 rings (SSSR count). The number of aryl methyl sites for hydroxylation is 1. The van der Waals surface area contributed by atoms with E-state index in [9.17, 15) is 9.59 Å². The number of carbonyl (C=O) groups excluding carboxylic acids is 2. The fraction of sp³-hybridized carbons (Fsp3) is 0.263. The van der Waals surface area contributed by atoms with Crippen LogP contribution in [0.5, 0.6) is 5.75 Å². The summed E-state index contributed by atoms with van der Waals surface area (Å²) in [6, 6.07) is 10.3. The molecule has 0 saturated carbocycles. The third kappa shape index (κ3) is 3.64. The highest BCUT2D eigenvalue weighted by Gasteiger charge is 2.41. The quantitative estimate of drug-likeness (QED) is 0.839. The predicted molar refractivity (Wildman–Crippen MR) is 103 cm³/mol. The SMILES string of the molecule is Cc1ccc2c(c1)N(CC(=O)Nc1ccc(Cl)c(Cl)c1)C(=O)C(C)(C)O2. The second-order valence-corrected chi connectivity index (χ2v) is 7.47. The molecular formula is C19H18Cl2N2O3. The monoisotopic (exact) mass is 392 g/mol.